The largest absolute Gasteiger partial charge is 0.352 e. The van der Waals surface area contributed by atoms with E-state index in [0.717, 1.165) is 11.4 Å². The first-order valence-electron chi connectivity index (χ1n) is 6.38. The van der Waals surface area contributed by atoms with Gasteiger partial charge in [-0.2, -0.15) is 0 Å². The van der Waals surface area contributed by atoms with Crippen LogP contribution in [-0.2, 0) is 22.6 Å². The molecule has 0 bridgehead atoms. The van der Waals surface area contributed by atoms with Gasteiger partial charge in [0.2, 0.25) is 11.8 Å². The summed E-state index contributed by atoms with van der Waals surface area (Å²) in [5, 5.41) is 8.46. The minimum Gasteiger partial charge on any atom is -0.352 e. The Morgan fingerprint density at radius 2 is 2.32 bits per heavy atom. The fraction of sp³-hybridized carbons (Fsp3) is 0.583. The van der Waals surface area contributed by atoms with Gasteiger partial charge in [0.15, 0.2) is 0 Å². The SMILES string of the molecule is CC(C)NC(=O)CNC(=O)C1Cc2nc[nH]c2CN1. The molecule has 0 radical (unpaired) electrons. The molecule has 7 nitrogen and oxygen atoms in total. The Labute approximate surface area is 111 Å². The highest BCUT2D eigenvalue weighted by Gasteiger charge is 2.25. The lowest BCUT2D eigenvalue weighted by molar-refractivity contribution is -0.127. The van der Waals surface area contributed by atoms with Gasteiger partial charge in [-0.15, -0.1) is 0 Å². The average molecular weight is 265 g/mol. The Balaban J connectivity index is 1.80. The van der Waals surface area contributed by atoms with E-state index in [0.29, 0.717) is 13.0 Å². The molecule has 2 heterocycles. The van der Waals surface area contributed by atoms with Crippen LogP contribution in [0.25, 0.3) is 0 Å². The standard InChI is InChI=1S/C12H19N5O2/c1-7(2)17-11(18)5-14-12(19)9-3-8-10(4-13-9)16-6-15-8/h6-7,9,13H,3-5H2,1-2H3,(H,14,19)(H,15,16)(H,17,18). The van der Waals surface area contributed by atoms with E-state index in [1.807, 2.05) is 13.8 Å². The zero-order valence-corrected chi connectivity index (χ0v) is 11.1. The minimum atomic E-state index is -0.331. The van der Waals surface area contributed by atoms with E-state index < -0.39 is 0 Å². The van der Waals surface area contributed by atoms with Gasteiger partial charge in [-0.25, -0.2) is 4.98 Å². The molecule has 0 saturated carbocycles. The van der Waals surface area contributed by atoms with Gasteiger partial charge < -0.3 is 15.6 Å². The fourth-order valence-corrected chi connectivity index (χ4v) is 2.02. The summed E-state index contributed by atoms with van der Waals surface area (Å²) in [4.78, 5) is 30.6. The molecule has 1 aromatic heterocycles. The molecule has 1 aliphatic heterocycles. The van der Waals surface area contributed by atoms with Crippen molar-refractivity contribution in [3.63, 3.8) is 0 Å². The van der Waals surface area contributed by atoms with E-state index in [1.54, 1.807) is 6.33 Å². The summed E-state index contributed by atoms with van der Waals surface area (Å²) in [5.41, 5.74) is 1.92. The normalized spacial score (nSPS) is 17.9. The number of rotatable bonds is 4. The summed E-state index contributed by atoms with van der Waals surface area (Å²) < 4.78 is 0. The second kappa shape index (κ2) is 5.83. The third-order valence-electron chi connectivity index (χ3n) is 2.92. The summed E-state index contributed by atoms with van der Waals surface area (Å²) in [6.45, 7) is 4.34. The van der Waals surface area contributed by atoms with Crippen molar-refractivity contribution in [1.82, 2.24) is 25.9 Å². The highest BCUT2D eigenvalue weighted by atomic mass is 16.2. The van der Waals surface area contributed by atoms with E-state index in [1.165, 1.54) is 0 Å². The molecule has 1 aliphatic rings. The monoisotopic (exact) mass is 265 g/mol. The van der Waals surface area contributed by atoms with Crippen LogP contribution < -0.4 is 16.0 Å². The average Bonchev–Trinajstić information content (AvgIpc) is 2.82. The number of H-pyrrole nitrogens is 1. The van der Waals surface area contributed by atoms with Crippen LogP contribution in [-0.4, -0.2) is 40.4 Å². The molecule has 1 unspecified atom stereocenters. The Kier molecular flexibility index (Phi) is 4.16. The summed E-state index contributed by atoms with van der Waals surface area (Å²) in [6, 6.07) is -0.258. The summed E-state index contributed by atoms with van der Waals surface area (Å²) in [7, 11) is 0. The number of carbonyl (C=O) groups excluding carboxylic acids is 2. The number of fused-ring (bicyclic) bond motifs is 1. The third-order valence-corrected chi connectivity index (χ3v) is 2.92. The first-order valence-corrected chi connectivity index (χ1v) is 6.38. The maximum absolute atomic E-state index is 11.9. The van der Waals surface area contributed by atoms with Crippen molar-refractivity contribution < 1.29 is 9.59 Å². The van der Waals surface area contributed by atoms with Crippen molar-refractivity contribution >= 4 is 11.8 Å². The molecular weight excluding hydrogens is 246 g/mol. The van der Waals surface area contributed by atoms with Crippen LogP contribution in [0.5, 0.6) is 0 Å². The van der Waals surface area contributed by atoms with Crippen LogP contribution in [0.1, 0.15) is 25.2 Å². The first-order chi connectivity index (χ1) is 9.06. The van der Waals surface area contributed by atoms with Crippen LogP contribution in [0, 0.1) is 0 Å². The van der Waals surface area contributed by atoms with Gasteiger partial charge >= 0.3 is 0 Å². The highest BCUT2D eigenvalue weighted by molar-refractivity contribution is 5.87. The summed E-state index contributed by atoms with van der Waals surface area (Å²) >= 11 is 0. The third kappa shape index (κ3) is 3.54. The number of imidazole rings is 1. The van der Waals surface area contributed by atoms with E-state index in [-0.39, 0.29) is 30.4 Å². The molecule has 1 aromatic rings. The quantitative estimate of drug-likeness (QED) is 0.565. The molecule has 0 saturated heterocycles. The van der Waals surface area contributed by atoms with Crippen molar-refractivity contribution in [2.75, 3.05) is 6.54 Å². The van der Waals surface area contributed by atoms with E-state index >= 15 is 0 Å². The first kappa shape index (κ1) is 13.5. The van der Waals surface area contributed by atoms with Gasteiger partial charge in [0.05, 0.1) is 30.3 Å². The van der Waals surface area contributed by atoms with Crippen LogP contribution >= 0.6 is 0 Å². The van der Waals surface area contributed by atoms with Crippen molar-refractivity contribution in [3.05, 3.63) is 17.7 Å². The topological polar surface area (TPSA) is 98.9 Å². The highest BCUT2D eigenvalue weighted by Crippen LogP contribution is 2.11. The lowest BCUT2D eigenvalue weighted by Gasteiger charge is -2.22. The molecule has 19 heavy (non-hydrogen) atoms. The molecule has 0 aliphatic carbocycles. The smallest absolute Gasteiger partial charge is 0.239 e. The van der Waals surface area contributed by atoms with Crippen molar-refractivity contribution in [3.8, 4) is 0 Å². The van der Waals surface area contributed by atoms with Gasteiger partial charge in [-0.3, -0.25) is 14.9 Å². The van der Waals surface area contributed by atoms with E-state index in [2.05, 4.69) is 25.9 Å². The number of nitrogens with zero attached hydrogens (tertiary/aromatic N) is 1. The molecule has 0 spiro atoms. The molecule has 0 aromatic carbocycles. The van der Waals surface area contributed by atoms with Crippen molar-refractivity contribution in [1.29, 1.82) is 0 Å². The molecular formula is C12H19N5O2. The zero-order valence-electron chi connectivity index (χ0n) is 11.1. The van der Waals surface area contributed by atoms with Gasteiger partial charge in [-0.05, 0) is 13.8 Å². The summed E-state index contributed by atoms with van der Waals surface area (Å²) in [6.07, 6.45) is 2.17. The maximum atomic E-state index is 11.9. The second-order valence-corrected chi connectivity index (χ2v) is 4.91. The number of aromatic nitrogens is 2. The van der Waals surface area contributed by atoms with Crippen molar-refractivity contribution in [2.45, 2.75) is 38.9 Å². The number of hydrogen-bond donors (Lipinski definition) is 4. The van der Waals surface area contributed by atoms with Crippen molar-refractivity contribution in [2.24, 2.45) is 0 Å². The molecule has 4 N–H and O–H groups in total. The van der Waals surface area contributed by atoms with Gasteiger partial charge in [0.25, 0.3) is 0 Å². The second-order valence-electron chi connectivity index (χ2n) is 4.91. The fourth-order valence-electron chi connectivity index (χ4n) is 2.02. The van der Waals surface area contributed by atoms with Gasteiger partial charge in [0, 0.05) is 19.0 Å². The maximum Gasteiger partial charge on any atom is 0.239 e. The van der Waals surface area contributed by atoms with E-state index in [4.69, 9.17) is 0 Å². The molecule has 104 valence electrons. The molecule has 0 fully saturated rings. The zero-order chi connectivity index (χ0) is 13.8. The van der Waals surface area contributed by atoms with Crippen LogP contribution in [0.2, 0.25) is 0 Å². The lowest BCUT2D eigenvalue weighted by Crippen LogP contribution is -2.50. The van der Waals surface area contributed by atoms with E-state index in [9.17, 15) is 9.59 Å². The van der Waals surface area contributed by atoms with Gasteiger partial charge in [-0.1, -0.05) is 0 Å². The number of hydrogen-bond acceptors (Lipinski definition) is 4. The van der Waals surface area contributed by atoms with Crippen LogP contribution in [0.4, 0.5) is 0 Å². The predicted molar refractivity (Wildman–Crippen MR) is 69.2 cm³/mol. The predicted octanol–water partition coefficient (Wildman–Crippen LogP) is -0.935. The number of nitrogens with one attached hydrogen (secondary N) is 4. The lowest BCUT2D eigenvalue weighted by atomic mass is 10.0. The van der Waals surface area contributed by atoms with Crippen LogP contribution in [0.15, 0.2) is 6.33 Å². The Morgan fingerprint density at radius 3 is 3.05 bits per heavy atom. The Bertz CT molecular complexity index is 468. The Hall–Kier alpha value is -1.89. The summed E-state index contributed by atoms with van der Waals surface area (Å²) in [5.74, 6) is -0.354. The molecule has 2 rings (SSSR count). The molecule has 2 amide bonds. The number of carbonyl (C=O) groups is 2. The number of aromatic amines is 1. The molecule has 1 atom stereocenters. The van der Waals surface area contributed by atoms with Gasteiger partial charge in [0.1, 0.15) is 0 Å². The number of amides is 2. The molecule has 7 heteroatoms. The Morgan fingerprint density at radius 1 is 1.53 bits per heavy atom. The minimum absolute atomic E-state index is 0.00260. The van der Waals surface area contributed by atoms with Crippen LogP contribution in [0.3, 0.4) is 0 Å².